The first-order valence-electron chi connectivity index (χ1n) is 11.5. The van der Waals surface area contributed by atoms with E-state index in [0.29, 0.717) is 34.5 Å². The summed E-state index contributed by atoms with van der Waals surface area (Å²) in [5, 5.41) is 11.8. The SMILES string of the molecule is Cc1nn(-c2cc(Oc3ccc(NC(=O)c4cc(-c5ccc(F)cc5)nn4C)cc3)ncn2)c(C)c1C. The number of hydrogen-bond acceptors (Lipinski definition) is 6. The molecule has 5 aromatic rings. The summed E-state index contributed by atoms with van der Waals surface area (Å²) in [6, 6.07) is 16.3. The van der Waals surface area contributed by atoms with Crippen LogP contribution < -0.4 is 10.1 Å². The van der Waals surface area contributed by atoms with Crippen LogP contribution in [0, 0.1) is 26.6 Å². The number of rotatable bonds is 6. The molecule has 10 heteroatoms. The molecule has 3 aromatic heterocycles. The minimum Gasteiger partial charge on any atom is -0.439 e. The van der Waals surface area contributed by atoms with Gasteiger partial charge in [-0.3, -0.25) is 9.48 Å². The smallest absolute Gasteiger partial charge is 0.273 e. The van der Waals surface area contributed by atoms with Crippen LogP contribution in [-0.4, -0.2) is 35.4 Å². The molecule has 0 saturated heterocycles. The van der Waals surface area contributed by atoms with E-state index in [0.717, 1.165) is 22.5 Å². The van der Waals surface area contributed by atoms with Gasteiger partial charge in [0.15, 0.2) is 5.82 Å². The van der Waals surface area contributed by atoms with E-state index in [9.17, 15) is 9.18 Å². The largest absolute Gasteiger partial charge is 0.439 e. The van der Waals surface area contributed by atoms with Crippen LogP contribution in [0.25, 0.3) is 17.1 Å². The van der Waals surface area contributed by atoms with E-state index in [1.165, 1.54) is 23.1 Å². The molecular weight excluding hydrogens is 473 g/mol. The first kappa shape index (κ1) is 23.9. The first-order chi connectivity index (χ1) is 17.8. The molecule has 5 rings (SSSR count). The normalized spacial score (nSPS) is 10.9. The van der Waals surface area contributed by atoms with Gasteiger partial charge in [-0.15, -0.1) is 0 Å². The van der Waals surface area contributed by atoms with Crippen molar-refractivity contribution in [2.24, 2.45) is 7.05 Å². The first-order valence-corrected chi connectivity index (χ1v) is 11.5. The molecule has 0 aliphatic carbocycles. The number of carbonyl (C=O) groups is 1. The van der Waals surface area contributed by atoms with Crippen LogP contribution in [0.3, 0.4) is 0 Å². The molecule has 37 heavy (non-hydrogen) atoms. The van der Waals surface area contributed by atoms with Gasteiger partial charge in [-0.2, -0.15) is 10.2 Å². The number of hydrogen-bond donors (Lipinski definition) is 1. The summed E-state index contributed by atoms with van der Waals surface area (Å²) >= 11 is 0. The van der Waals surface area contributed by atoms with Gasteiger partial charge in [0, 0.05) is 30.1 Å². The van der Waals surface area contributed by atoms with Crippen molar-refractivity contribution < 1.29 is 13.9 Å². The maximum absolute atomic E-state index is 13.2. The van der Waals surface area contributed by atoms with Gasteiger partial charge in [-0.05, 0) is 80.9 Å². The van der Waals surface area contributed by atoms with Crippen LogP contribution >= 0.6 is 0 Å². The Hall–Kier alpha value is -4.86. The number of nitrogens with zero attached hydrogens (tertiary/aromatic N) is 6. The monoisotopic (exact) mass is 497 g/mol. The zero-order valence-electron chi connectivity index (χ0n) is 20.7. The molecule has 1 amide bonds. The molecule has 1 N–H and O–H groups in total. The van der Waals surface area contributed by atoms with Crippen molar-refractivity contribution in [3.63, 3.8) is 0 Å². The van der Waals surface area contributed by atoms with Crippen molar-refractivity contribution in [3.8, 4) is 28.7 Å². The van der Waals surface area contributed by atoms with Crippen molar-refractivity contribution in [2.75, 3.05) is 5.32 Å². The zero-order valence-corrected chi connectivity index (χ0v) is 20.7. The molecule has 0 fully saturated rings. The summed E-state index contributed by atoms with van der Waals surface area (Å²) in [4.78, 5) is 21.4. The van der Waals surface area contributed by atoms with Crippen LogP contribution in [0.15, 0.2) is 67.0 Å². The van der Waals surface area contributed by atoms with Gasteiger partial charge >= 0.3 is 0 Å². The number of amides is 1. The third-order valence-corrected chi connectivity index (χ3v) is 6.08. The number of benzene rings is 2. The zero-order chi connectivity index (χ0) is 26.1. The minimum absolute atomic E-state index is 0.322. The average Bonchev–Trinajstić information content (AvgIpc) is 3.40. The van der Waals surface area contributed by atoms with E-state index in [2.05, 4.69) is 25.5 Å². The second kappa shape index (κ2) is 9.65. The Bertz CT molecular complexity index is 1590. The standard InChI is InChI=1S/C27H24FN7O2/c1-16-17(2)32-35(18(16)3)25-14-26(30-15-29-25)37-22-11-9-21(10-12-22)31-27(36)24-13-23(33-34(24)4)19-5-7-20(28)8-6-19/h5-15H,1-4H3,(H,31,36). The third-order valence-electron chi connectivity index (χ3n) is 6.08. The van der Waals surface area contributed by atoms with Gasteiger partial charge in [0.1, 0.15) is 23.6 Å². The highest BCUT2D eigenvalue weighted by atomic mass is 19.1. The topological polar surface area (TPSA) is 99.8 Å². The highest BCUT2D eigenvalue weighted by Gasteiger charge is 2.15. The number of aryl methyl sites for hydroxylation is 2. The summed E-state index contributed by atoms with van der Waals surface area (Å²) in [6.45, 7) is 5.96. The fourth-order valence-corrected chi connectivity index (χ4v) is 3.81. The second-order valence-corrected chi connectivity index (χ2v) is 8.55. The molecule has 0 saturated carbocycles. The maximum Gasteiger partial charge on any atom is 0.273 e. The molecule has 0 aliphatic rings. The Morgan fingerprint density at radius 3 is 2.35 bits per heavy atom. The van der Waals surface area contributed by atoms with Gasteiger partial charge in [-0.25, -0.2) is 19.0 Å². The van der Waals surface area contributed by atoms with E-state index < -0.39 is 0 Å². The van der Waals surface area contributed by atoms with Crippen LogP contribution in [0.4, 0.5) is 10.1 Å². The Balaban J connectivity index is 1.27. The number of ether oxygens (including phenoxy) is 1. The minimum atomic E-state index is -0.330. The van der Waals surface area contributed by atoms with E-state index in [4.69, 9.17) is 4.74 Å². The fraction of sp³-hybridized carbons (Fsp3) is 0.148. The summed E-state index contributed by atoms with van der Waals surface area (Å²) < 4.78 is 22.4. The fourth-order valence-electron chi connectivity index (χ4n) is 3.81. The highest BCUT2D eigenvalue weighted by Crippen LogP contribution is 2.24. The predicted molar refractivity (Wildman–Crippen MR) is 136 cm³/mol. The van der Waals surface area contributed by atoms with Gasteiger partial charge in [-0.1, -0.05) is 0 Å². The lowest BCUT2D eigenvalue weighted by molar-refractivity contribution is 0.101. The maximum atomic E-state index is 13.2. The predicted octanol–water partition coefficient (Wildman–Crippen LogP) is 5.17. The quantitative estimate of drug-likeness (QED) is 0.347. The lowest BCUT2D eigenvalue weighted by Gasteiger charge is -2.09. The second-order valence-electron chi connectivity index (χ2n) is 8.55. The molecule has 3 heterocycles. The van der Waals surface area contributed by atoms with E-state index >= 15 is 0 Å². The van der Waals surface area contributed by atoms with Gasteiger partial charge in [0.05, 0.1) is 11.4 Å². The van der Waals surface area contributed by atoms with Crippen molar-refractivity contribution in [1.29, 1.82) is 0 Å². The molecule has 0 bridgehead atoms. The third kappa shape index (κ3) is 4.94. The lowest BCUT2D eigenvalue weighted by atomic mass is 10.1. The highest BCUT2D eigenvalue weighted by molar-refractivity contribution is 6.03. The number of carbonyl (C=O) groups excluding carboxylic acids is 1. The van der Waals surface area contributed by atoms with Crippen molar-refractivity contribution in [3.05, 3.63) is 95.5 Å². The van der Waals surface area contributed by atoms with Crippen molar-refractivity contribution >= 4 is 11.6 Å². The Morgan fingerprint density at radius 2 is 1.68 bits per heavy atom. The molecule has 9 nitrogen and oxygen atoms in total. The number of aromatic nitrogens is 6. The molecular formula is C27H24FN7O2. The van der Waals surface area contributed by atoms with E-state index in [-0.39, 0.29) is 11.7 Å². The summed E-state index contributed by atoms with van der Waals surface area (Å²) in [5.74, 6) is 0.876. The van der Waals surface area contributed by atoms with Crippen LogP contribution in [-0.2, 0) is 7.05 Å². The molecule has 0 radical (unpaired) electrons. The van der Waals surface area contributed by atoms with Crippen LogP contribution in [0.1, 0.15) is 27.4 Å². The van der Waals surface area contributed by atoms with Gasteiger partial charge < -0.3 is 10.1 Å². The summed E-state index contributed by atoms with van der Waals surface area (Å²) in [6.07, 6.45) is 1.43. The summed E-state index contributed by atoms with van der Waals surface area (Å²) in [7, 11) is 1.68. The van der Waals surface area contributed by atoms with Crippen molar-refractivity contribution in [1.82, 2.24) is 29.5 Å². The molecule has 0 atom stereocenters. The molecule has 0 aliphatic heterocycles. The Morgan fingerprint density at radius 1 is 0.946 bits per heavy atom. The molecule has 0 unspecified atom stereocenters. The Kier molecular flexibility index (Phi) is 6.22. The number of nitrogens with one attached hydrogen (secondary N) is 1. The lowest BCUT2D eigenvalue weighted by Crippen LogP contribution is -2.15. The molecule has 0 spiro atoms. The van der Waals surface area contributed by atoms with E-state index in [1.807, 2.05) is 20.8 Å². The molecule has 186 valence electrons. The van der Waals surface area contributed by atoms with Crippen LogP contribution in [0.2, 0.25) is 0 Å². The number of anilines is 1. The van der Waals surface area contributed by atoms with Crippen LogP contribution in [0.5, 0.6) is 11.6 Å². The van der Waals surface area contributed by atoms with Crippen molar-refractivity contribution in [2.45, 2.75) is 20.8 Å². The number of halogens is 1. The Labute approximate surface area is 212 Å². The van der Waals surface area contributed by atoms with Gasteiger partial charge in [0.2, 0.25) is 5.88 Å². The molecule has 2 aromatic carbocycles. The average molecular weight is 498 g/mol. The van der Waals surface area contributed by atoms with Gasteiger partial charge in [0.25, 0.3) is 5.91 Å². The summed E-state index contributed by atoms with van der Waals surface area (Å²) in [5.41, 5.74) is 5.30. The van der Waals surface area contributed by atoms with E-state index in [1.54, 1.807) is 60.3 Å².